The van der Waals surface area contributed by atoms with E-state index < -0.39 is 47.9 Å². The molecule has 0 aliphatic carbocycles. The fourth-order valence-electron chi connectivity index (χ4n) is 3.64. The molecule has 1 saturated heterocycles. The highest BCUT2D eigenvalue weighted by molar-refractivity contribution is 7.80. The average Bonchev–Trinajstić information content (AvgIpc) is 3.43. The number of likely N-dealkylation sites (tertiary alicyclic amines) is 1. The molecule has 2 heterocycles. The lowest BCUT2D eigenvalue weighted by Crippen LogP contribution is -2.57. The molecular weight excluding hydrogens is 436 g/mol. The third-order valence-corrected chi connectivity index (χ3v) is 5.68. The molecule has 0 saturated carbocycles. The number of carboxylic acids is 1. The highest BCUT2D eigenvalue weighted by Crippen LogP contribution is 2.20. The number of hydrogen-bond donors (Lipinski definition) is 6. The zero-order chi connectivity index (χ0) is 23.8. The van der Waals surface area contributed by atoms with Crippen LogP contribution in [-0.2, 0) is 25.6 Å². The second-order valence-electron chi connectivity index (χ2n) is 8.35. The number of aromatic nitrogens is 2. The summed E-state index contributed by atoms with van der Waals surface area (Å²) in [7, 11) is 0. The van der Waals surface area contributed by atoms with Gasteiger partial charge in [0.05, 0.1) is 12.4 Å². The van der Waals surface area contributed by atoms with Crippen molar-refractivity contribution < 1.29 is 24.3 Å². The van der Waals surface area contributed by atoms with Crippen molar-refractivity contribution in [1.82, 2.24) is 25.5 Å². The molecule has 11 nitrogen and oxygen atoms in total. The molecular formula is C20H32N6O5S. The van der Waals surface area contributed by atoms with Crippen molar-refractivity contribution in [2.75, 3.05) is 12.3 Å². The maximum absolute atomic E-state index is 13.4. The van der Waals surface area contributed by atoms with Gasteiger partial charge in [-0.25, -0.2) is 9.78 Å². The molecule has 2 rings (SSSR count). The Hall–Kier alpha value is -2.60. The second-order valence-corrected chi connectivity index (χ2v) is 8.71. The van der Waals surface area contributed by atoms with E-state index in [0.717, 1.165) is 0 Å². The van der Waals surface area contributed by atoms with Crippen LogP contribution < -0.4 is 16.4 Å². The molecule has 0 spiro atoms. The number of carbonyl (C=O) groups is 4. The molecule has 12 heteroatoms. The summed E-state index contributed by atoms with van der Waals surface area (Å²) in [6, 6.07) is -3.70. The molecule has 0 bridgehead atoms. The van der Waals surface area contributed by atoms with Gasteiger partial charge in [-0.05, 0) is 25.2 Å². The van der Waals surface area contributed by atoms with Crippen molar-refractivity contribution in [3.05, 3.63) is 18.2 Å². The number of carboxylic acid groups (broad SMARTS) is 1. The number of amides is 3. The Balaban J connectivity index is 2.16. The van der Waals surface area contributed by atoms with E-state index in [1.807, 2.05) is 13.8 Å². The van der Waals surface area contributed by atoms with Gasteiger partial charge in [0.25, 0.3) is 0 Å². The van der Waals surface area contributed by atoms with Crippen LogP contribution in [0.4, 0.5) is 0 Å². The lowest BCUT2D eigenvalue weighted by Gasteiger charge is -2.30. The minimum absolute atomic E-state index is 0.0720. The lowest BCUT2D eigenvalue weighted by molar-refractivity contribution is -0.145. The van der Waals surface area contributed by atoms with Crippen LogP contribution in [0.15, 0.2) is 12.5 Å². The summed E-state index contributed by atoms with van der Waals surface area (Å²) >= 11 is 4.02. The molecule has 0 radical (unpaired) electrons. The Bertz CT molecular complexity index is 802. The smallest absolute Gasteiger partial charge is 0.326 e. The normalized spacial score (nSPS) is 18.8. The number of carbonyl (C=O) groups excluding carboxylic acids is 3. The predicted octanol–water partition coefficient (Wildman–Crippen LogP) is -0.699. The van der Waals surface area contributed by atoms with E-state index >= 15 is 0 Å². The van der Waals surface area contributed by atoms with Crippen LogP contribution in [0.25, 0.3) is 0 Å². The zero-order valence-corrected chi connectivity index (χ0v) is 19.2. The summed E-state index contributed by atoms with van der Waals surface area (Å²) in [5.74, 6) is -2.41. The first-order valence-corrected chi connectivity index (χ1v) is 11.2. The van der Waals surface area contributed by atoms with Gasteiger partial charge < -0.3 is 31.4 Å². The Labute approximate surface area is 192 Å². The molecule has 6 N–H and O–H groups in total. The number of aromatic amines is 1. The molecule has 32 heavy (non-hydrogen) atoms. The van der Waals surface area contributed by atoms with Crippen molar-refractivity contribution in [1.29, 1.82) is 0 Å². The zero-order valence-electron chi connectivity index (χ0n) is 18.3. The van der Waals surface area contributed by atoms with Crippen LogP contribution in [-0.4, -0.2) is 80.1 Å². The van der Waals surface area contributed by atoms with Crippen LogP contribution in [0.3, 0.4) is 0 Å². The van der Waals surface area contributed by atoms with Gasteiger partial charge in [0, 0.05) is 30.6 Å². The van der Waals surface area contributed by atoms with Gasteiger partial charge in [0.1, 0.15) is 18.1 Å². The maximum atomic E-state index is 13.4. The van der Waals surface area contributed by atoms with Crippen molar-refractivity contribution >= 4 is 36.3 Å². The fourth-order valence-corrected chi connectivity index (χ4v) is 3.81. The number of hydrogen-bond acceptors (Lipinski definition) is 7. The van der Waals surface area contributed by atoms with Gasteiger partial charge in [-0.1, -0.05) is 13.8 Å². The SMILES string of the molecule is CC(C)CC(NC(=O)C1CCCN1C(=O)C(Cc1cnc[nH]1)NC(=O)C(N)CS)C(=O)O. The van der Waals surface area contributed by atoms with Gasteiger partial charge in [-0.2, -0.15) is 12.6 Å². The maximum Gasteiger partial charge on any atom is 0.326 e. The van der Waals surface area contributed by atoms with E-state index in [1.165, 1.54) is 11.2 Å². The van der Waals surface area contributed by atoms with Gasteiger partial charge >= 0.3 is 5.97 Å². The van der Waals surface area contributed by atoms with Crippen LogP contribution in [0.5, 0.6) is 0 Å². The molecule has 1 aliphatic rings. The number of rotatable bonds is 11. The fraction of sp³-hybridized carbons (Fsp3) is 0.650. The highest BCUT2D eigenvalue weighted by Gasteiger charge is 2.39. The molecule has 1 aromatic rings. The minimum Gasteiger partial charge on any atom is -0.480 e. The van der Waals surface area contributed by atoms with Crippen LogP contribution in [0.2, 0.25) is 0 Å². The number of H-pyrrole nitrogens is 1. The molecule has 4 atom stereocenters. The Morgan fingerprint density at radius 1 is 1.31 bits per heavy atom. The van der Waals surface area contributed by atoms with Crippen LogP contribution in [0, 0.1) is 5.92 Å². The Morgan fingerprint density at radius 3 is 2.59 bits per heavy atom. The Morgan fingerprint density at radius 2 is 2.03 bits per heavy atom. The highest BCUT2D eigenvalue weighted by atomic mass is 32.1. The van der Waals surface area contributed by atoms with E-state index in [9.17, 15) is 24.3 Å². The number of thiol groups is 1. The molecule has 1 aliphatic heterocycles. The predicted molar refractivity (Wildman–Crippen MR) is 120 cm³/mol. The van der Waals surface area contributed by atoms with E-state index in [2.05, 4.69) is 33.2 Å². The van der Waals surface area contributed by atoms with E-state index in [-0.39, 0.29) is 24.5 Å². The number of nitrogens with one attached hydrogen (secondary N) is 3. The number of nitrogens with two attached hydrogens (primary N) is 1. The third-order valence-electron chi connectivity index (χ3n) is 5.29. The summed E-state index contributed by atoms with van der Waals surface area (Å²) in [6.45, 7) is 4.06. The minimum atomic E-state index is -1.12. The lowest BCUT2D eigenvalue weighted by atomic mass is 10.0. The van der Waals surface area contributed by atoms with E-state index in [0.29, 0.717) is 25.1 Å². The first-order valence-electron chi connectivity index (χ1n) is 10.6. The molecule has 1 aromatic heterocycles. The molecule has 178 valence electrons. The van der Waals surface area contributed by atoms with Gasteiger partial charge in [-0.3, -0.25) is 14.4 Å². The van der Waals surface area contributed by atoms with Crippen molar-refractivity contribution in [2.45, 2.75) is 63.7 Å². The Kier molecular flexibility index (Phi) is 9.51. The van der Waals surface area contributed by atoms with Crippen molar-refractivity contribution in [2.24, 2.45) is 11.7 Å². The average molecular weight is 469 g/mol. The summed E-state index contributed by atoms with van der Waals surface area (Å²) in [6.07, 6.45) is 4.42. The topological polar surface area (TPSA) is 171 Å². The summed E-state index contributed by atoms with van der Waals surface area (Å²) in [5, 5.41) is 14.6. The van der Waals surface area contributed by atoms with E-state index in [1.54, 1.807) is 6.20 Å². The summed E-state index contributed by atoms with van der Waals surface area (Å²) in [5.41, 5.74) is 6.37. The second kappa shape index (κ2) is 11.9. The standard InChI is InChI=1S/C20H32N6O5S/c1-11(2)6-15(20(30)31)25-18(28)16-4-3-5-26(16)19(29)14(7-12-8-22-10-23-12)24-17(27)13(21)9-32/h8,10-11,13-16,32H,3-7,9,21H2,1-2H3,(H,22,23)(H,24,27)(H,25,28)(H,30,31). The van der Waals surface area contributed by atoms with Crippen LogP contribution >= 0.6 is 12.6 Å². The molecule has 4 unspecified atom stereocenters. The van der Waals surface area contributed by atoms with Gasteiger partial charge in [0.2, 0.25) is 17.7 Å². The van der Waals surface area contributed by atoms with Crippen molar-refractivity contribution in [3.8, 4) is 0 Å². The van der Waals surface area contributed by atoms with Gasteiger partial charge in [-0.15, -0.1) is 0 Å². The monoisotopic (exact) mass is 468 g/mol. The summed E-state index contributed by atoms with van der Waals surface area (Å²) in [4.78, 5) is 58.3. The number of nitrogens with zero attached hydrogens (tertiary/aromatic N) is 2. The largest absolute Gasteiger partial charge is 0.480 e. The van der Waals surface area contributed by atoms with Gasteiger partial charge in [0.15, 0.2) is 0 Å². The summed E-state index contributed by atoms with van der Waals surface area (Å²) < 4.78 is 0. The number of imidazole rings is 1. The first-order chi connectivity index (χ1) is 15.1. The quantitative estimate of drug-likeness (QED) is 0.233. The molecule has 0 aromatic carbocycles. The first kappa shape index (κ1) is 25.7. The third kappa shape index (κ3) is 6.95. The van der Waals surface area contributed by atoms with Crippen LogP contribution in [0.1, 0.15) is 38.8 Å². The van der Waals surface area contributed by atoms with Crippen molar-refractivity contribution in [3.63, 3.8) is 0 Å². The van der Waals surface area contributed by atoms with E-state index in [4.69, 9.17) is 5.73 Å². The molecule has 3 amide bonds. The number of aliphatic carboxylic acids is 1. The molecule has 1 fully saturated rings.